The Kier molecular flexibility index (Phi) is 5.99. The lowest BCUT2D eigenvalue weighted by Crippen LogP contribution is -2.27. The van der Waals surface area contributed by atoms with E-state index in [1.54, 1.807) is 7.11 Å². The van der Waals surface area contributed by atoms with Crippen LogP contribution in [0.3, 0.4) is 0 Å². The van der Waals surface area contributed by atoms with Crippen LogP contribution in [-0.4, -0.2) is 40.4 Å². The van der Waals surface area contributed by atoms with Crippen molar-refractivity contribution in [3.05, 3.63) is 47.5 Å². The fourth-order valence-corrected chi connectivity index (χ4v) is 3.46. The molecule has 1 saturated heterocycles. The van der Waals surface area contributed by atoms with Gasteiger partial charge in [-0.3, -0.25) is 4.90 Å². The largest absolute Gasteiger partial charge is 0.377 e. The molecular weight excluding hydrogens is 300 g/mol. The number of aromatic nitrogens is 3. The van der Waals surface area contributed by atoms with Crippen LogP contribution in [0, 0.1) is 0 Å². The van der Waals surface area contributed by atoms with Crippen molar-refractivity contribution in [2.75, 3.05) is 20.7 Å². The Morgan fingerprint density at radius 1 is 1.17 bits per heavy atom. The van der Waals surface area contributed by atoms with Crippen LogP contribution in [0.25, 0.3) is 0 Å². The molecule has 1 aliphatic heterocycles. The maximum atomic E-state index is 5.25. The lowest BCUT2D eigenvalue weighted by Gasteiger charge is -2.25. The molecule has 0 amide bonds. The molecule has 5 heteroatoms. The molecule has 0 N–H and O–H groups in total. The van der Waals surface area contributed by atoms with E-state index in [9.17, 15) is 0 Å². The fraction of sp³-hybridized carbons (Fsp3) is 0.579. The van der Waals surface area contributed by atoms with Crippen LogP contribution >= 0.6 is 0 Å². The number of hydrogen-bond donors (Lipinski definition) is 0. The van der Waals surface area contributed by atoms with Gasteiger partial charge in [-0.05, 0) is 38.4 Å². The average Bonchev–Trinajstić information content (AvgIpc) is 2.87. The third-order valence-electron chi connectivity index (χ3n) is 4.79. The zero-order chi connectivity index (χ0) is 16.8. The molecule has 1 fully saturated rings. The summed E-state index contributed by atoms with van der Waals surface area (Å²) in [6, 6.07) is 10.9. The molecule has 1 atom stereocenters. The third-order valence-corrected chi connectivity index (χ3v) is 4.79. The number of nitrogens with zero attached hydrogens (tertiary/aromatic N) is 4. The van der Waals surface area contributed by atoms with Crippen molar-refractivity contribution in [3.63, 3.8) is 0 Å². The van der Waals surface area contributed by atoms with E-state index >= 15 is 0 Å². The van der Waals surface area contributed by atoms with Gasteiger partial charge in [0.1, 0.15) is 12.4 Å². The molecule has 1 aliphatic rings. The highest BCUT2D eigenvalue weighted by atomic mass is 16.5. The summed E-state index contributed by atoms with van der Waals surface area (Å²) in [6.07, 6.45) is 5.98. The maximum Gasteiger partial charge on any atom is 0.176 e. The highest BCUT2D eigenvalue weighted by molar-refractivity contribution is 5.14. The second-order valence-electron chi connectivity index (χ2n) is 6.62. The molecule has 0 radical (unpaired) electrons. The molecule has 5 nitrogen and oxygen atoms in total. The van der Waals surface area contributed by atoms with E-state index in [2.05, 4.69) is 47.0 Å². The Morgan fingerprint density at radius 3 is 2.79 bits per heavy atom. The van der Waals surface area contributed by atoms with Gasteiger partial charge in [0, 0.05) is 13.7 Å². The molecule has 24 heavy (non-hydrogen) atoms. The van der Waals surface area contributed by atoms with Gasteiger partial charge in [-0.2, -0.15) is 5.10 Å². The minimum Gasteiger partial charge on any atom is -0.377 e. The fourth-order valence-electron chi connectivity index (χ4n) is 3.46. The Balaban J connectivity index is 1.80. The van der Waals surface area contributed by atoms with Crippen LogP contribution in [0.2, 0.25) is 0 Å². The van der Waals surface area contributed by atoms with Crippen molar-refractivity contribution in [2.45, 2.75) is 51.3 Å². The summed E-state index contributed by atoms with van der Waals surface area (Å²) in [5.74, 6) is 1.89. The van der Waals surface area contributed by atoms with E-state index in [1.807, 2.05) is 0 Å². The second kappa shape index (κ2) is 8.40. The summed E-state index contributed by atoms with van der Waals surface area (Å²) in [5, 5.41) is 4.71. The molecule has 130 valence electrons. The first kappa shape index (κ1) is 17.1. The van der Waals surface area contributed by atoms with Crippen molar-refractivity contribution in [1.82, 2.24) is 19.7 Å². The number of hydrogen-bond acceptors (Lipinski definition) is 4. The quantitative estimate of drug-likeness (QED) is 0.817. The molecule has 1 aromatic carbocycles. The predicted molar refractivity (Wildman–Crippen MR) is 94.7 cm³/mol. The molecule has 0 bridgehead atoms. The van der Waals surface area contributed by atoms with Crippen molar-refractivity contribution < 1.29 is 4.74 Å². The molecule has 0 aliphatic carbocycles. The van der Waals surface area contributed by atoms with Crippen molar-refractivity contribution in [1.29, 1.82) is 0 Å². The number of rotatable bonds is 6. The van der Waals surface area contributed by atoms with Crippen LogP contribution in [0.1, 0.15) is 48.9 Å². The van der Waals surface area contributed by atoms with Crippen molar-refractivity contribution in [2.24, 2.45) is 0 Å². The number of benzene rings is 1. The second-order valence-corrected chi connectivity index (χ2v) is 6.62. The highest BCUT2D eigenvalue weighted by Crippen LogP contribution is 2.28. The SMILES string of the molecule is COCc1nc([C@H]2CCCCCN2C)n(CCc2ccccc2)n1. The summed E-state index contributed by atoms with van der Waals surface area (Å²) in [4.78, 5) is 7.25. The monoisotopic (exact) mass is 328 g/mol. The Hall–Kier alpha value is -1.72. The number of aryl methyl sites for hydroxylation is 2. The number of likely N-dealkylation sites (tertiary alicyclic amines) is 1. The summed E-state index contributed by atoms with van der Waals surface area (Å²) in [7, 11) is 3.91. The van der Waals surface area contributed by atoms with E-state index in [1.165, 1.54) is 24.8 Å². The zero-order valence-corrected chi connectivity index (χ0v) is 14.8. The number of ether oxygens (including phenoxy) is 1. The summed E-state index contributed by atoms with van der Waals surface area (Å²) in [5.41, 5.74) is 1.33. The predicted octanol–water partition coefficient (Wildman–Crippen LogP) is 3.21. The lowest BCUT2D eigenvalue weighted by atomic mass is 10.1. The molecule has 0 saturated carbocycles. The van der Waals surface area contributed by atoms with Crippen LogP contribution in [0.4, 0.5) is 0 Å². The minimum absolute atomic E-state index is 0.362. The van der Waals surface area contributed by atoms with E-state index in [0.717, 1.165) is 37.6 Å². The van der Waals surface area contributed by atoms with Gasteiger partial charge in [-0.15, -0.1) is 0 Å². The smallest absolute Gasteiger partial charge is 0.176 e. The normalized spacial score (nSPS) is 19.3. The van der Waals surface area contributed by atoms with Crippen LogP contribution in [0.5, 0.6) is 0 Å². The molecule has 3 rings (SSSR count). The van der Waals surface area contributed by atoms with Crippen molar-refractivity contribution in [3.8, 4) is 0 Å². The van der Waals surface area contributed by atoms with Gasteiger partial charge >= 0.3 is 0 Å². The van der Waals surface area contributed by atoms with Gasteiger partial charge in [0.15, 0.2) is 5.82 Å². The van der Waals surface area contributed by atoms with E-state index in [0.29, 0.717) is 12.6 Å². The molecule has 2 heterocycles. The van der Waals surface area contributed by atoms with Gasteiger partial charge in [0.2, 0.25) is 0 Å². The molecule has 0 unspecified atom stereocenters. The first-order valence-electron chi connectivity index (χ1n) is 8.94. The van der Waals surface area contributed by atoms with Crippen LogP contribution in [0.15, 0.2) is 30.3 Å². The molecule has 2 aromatic rings. The Bertz CT molecular complexity index is 626. The Morgan fingerprint density at radius 2 is 2.00 bits per heavy atom. The van der Waals surface area contributed by atoms with Gasteiger partial charge in [0.25, 0.3) is 0 Å². The maximum absolute atomic E-state index is 5.25. The first-order chi connectivity index (χ1) is 11.8. The zero-order valence-electron chi connectivity index (χ0n) is 14.8. The molecule has 0 spiro atoms. The average molecular weight is 328 g/mol. The van der Waals surface area contributed by atoms with Gasteiger partial charge in [-0.25, -0.2) is 9.67 Å². The topological polar surface area (TPSA) is 43.2 Å². The standard InChI is InChI=1S/C19H28N4O/c1-22-13-8-4-7-11-17(22)19-20-18(15-24-2)21-23(19)14-12-16-9-5-3-6-10-16/h3,5-6,9-10,17H,4,7-8,11-15H2,1-2H3/t17-/m1/s1. The van der Waals surface area contributed by atoms with Gasteiger partial charge in [-0.1, -0.05) is 43.2 Å². The third kappa shape index (κ3) is 4.22. The van der Waals surface area contributed by atoms with E-state index in [4.69, 9.17) is 14.8 Å². The Labute approximate surface area is 144 Å². The lowest BCUT2D eigenvalue weighted by molar-refractivity contribution is 0.177. The summed E-state index contributed by atoms with van der Waals surface area (Å²) < 4.78 is 7.35. The summed E-state index contributed by atoms with van der Waals surface area (Å²) >= 11 is 0. The van der Waals surface area contributed by atoms with Crippen molar-refractivity contribution >= 4 is 0 Å². The van der Waals surface area contributed by atoms with Crippen LogP contribution in [-0.2, 0) is 24.3 Å². The minimum atomic E-state index is 0.362. The molecular formula is C19H28N4O. The highest BCUT2D eigenvalue weighted by Gasteiger charge is 2.25. The summed E-state index contributed by atoms with van der Waals surface area (Å²) in [6.45, 7) is 2.47. The van der Waals surface area contributed by atoms with E-state index < -0.39 is 0 Å². The first-order valence-corrected chi connectivity index (χ1v) is 8.94. The van der Waals surface area contributed by atoms with Gasteiger partial charge < -0.3 is 4.74 Å². The van der Waals surface area contributed by atoms with Gasteiger partial charge in [0.05, 0.1) is 6.04 Å². The van der Waals surface area contributed by atoms with Crippen LogP contribution < -0.4 is 0 Å². The molecule has 1 aromatic heterocycles. The van der Waals surface area contributed by atoms with E-state index in [-0.39, 0.29) is 0 Å². The number of methoxy groups -OCH3 is 1.